The van der Waals surface area contributed by atoms with Crippen LogP contribution in [-0.2, 0) is 0 Å². The predicted molar refractivity (Wildman–Crippen MR) is 54.4 cm³/mol. The molecule has 2 aliphatic rings. The summed E-state index contributed by atoms with van der Waals surface area (Å²) in [5.74, 6) is 0.507. The van der Waals surface area contributed by atoms with E-state index >= 15 is 0 Å². The molecule has 0 aliphatic carbocycles. The number of hydrogen-bond acceptors (Lipinski definition) is 1. The van der Waals surface area contributed by atoms with E-state index in [1.54, 1.807) is 0 Å². The molecule has 2 heterocycles. The molecule has 0 bridgehead atoms. The predicted octanol–water partition coefficient (Wildman–Crippen LogP) is 3.00. The first-order valence-corrected chi connectivity index (χ1v) is 4.85. The van der Waals surface area contributed by atoms with E-state index in [0.717, 1.165) is 0 Å². The maximum atomic E-state index is 3.47. The highest BCUT2D eigenvalue weighted by molar-refractivity contribution is 5.31. The average Bonchev–Trinajstić information content (AvgIpc) is 2.18. The van der Waals surface area contributed by atoms with Crippen LogP contribution in [0, 0.1) is 12.0 Å². The molecule has 0 aromatic heterocycles. The first-order valence-electron chi connectivity index (χ1n) is 4.85. The molecular weight excluding hydrogens is 158 g/mol. The van der Waals surface area contributed by atoms with Crippen molar-refractivity contribution in [3.8, 4) is 0 Å². The summed E-state index contributed by atoms with van der Waals surface area (Å²) in [4.78, 5) is 2.10. The molecule has 67 valence electrons. The second kappa shape index (κ2) is 3.65. The fraction of sp³-hybridized carbons (Fsp3) is 0.333. The molecule has 1 atom stereocenters. The second-order valence-corrected chi connectivity index (χ2v) is 3.37. The van der Waals surface area contributed by atoms with Crippen LogP contribution < -0.4 is 0 Å². The van der Waals surface area contributed by atoms with Gasteiger partial charge >= 0.3 is 0 Å². The van der Waals surface area contributed by atoms with E-state index in [1.807, 2.05) is 6.08 Å². The molecule has 0 N–H and O–H groups in total. The number of nitrogens with zero attached hydrogens (tertiary/aromatic N) is 1. The summed E-state index contributed by atoms with van der Waals surface area (Å²) in [7, 11) is 0. The first-order chi connectivity index (χ1) is 6.40. The van der Waals surface area contributed by atoms with E-state index in [4.69, 9.17) is 0 Å². The Balaban J connectivity index is 2.13. The van der Waals surface area contributed by atoms with Crippen molar-refractivity contribution >= 4 is 0 Å². The van der Waals surface area contributed by atoms with Gasteiger partial charge in [-0.05, 0) is 24.6 Å². The van der Waals surface area contributed by atoms with Gasteiger partial charge in [0.2, 0.25) is 0 Å². The van der Waals surface area contributed by atoms with Gasteiger partial charge in [-0.1, -0.05) is 25.5 Å². The molecule has 1 nitrogen and oxygen atoms in total. The van der Waals surface area contributed by atoms with E-state index in [-0.39, 0.29) is 0 Å². The molecule has 0 saturated heterocycles. The number of rotatable bonds is 2. The van der Waals surface area contributed by atoms with Crippen LogP contribution in [0.2, 0.25) is 0 Å². The molecule has 1 unspecified atom stereocenters. The number of hydrogen-bond donors (Lipinski definition) is 0. The van der Waals surface area contributed by atoms with Crippen molar-refractivity contribution < 1.29 is 0 Å². The molecule has 13 heavy (non-hydrogen) atoms. The lowest BCUT2D eigenvalue weighted by Gasteiger charge is -2.24. The van der Waals surface area contributed by atoms with Gasteiger partial charge < -0.3 is 4.90 Å². The quantitative estimate of drug-likeness (QED) is 0.619. The van der Waals surface area contributed by atoms with Crippen molar-refractivity contribution in [2.24, 2.45) is 5.92 Å². The van der Waals surface area contributed by atoms with Gasteiger partial charge in [0.15, 0.2) is 0 Å². The van der Waals surface area contributed by atoms with Crippen molar-refractivity contribution in [1.29, 1.82) is 0 Å². The highest BCUT2D eigenvalue weighted by atomic mass is 15.1. The topological polar surface area (TPSA) is 3.24 Å². The van der Waals surface area contributed by atoms with Crippen molar-refractivity contribution in [3.63, 3.8) is 0 Å². The minimum absolute atomic E-state index is 0.507. The Hall–Kier alpha value is -1.24. The molecule has 2 rings (SSSR count). The number of fused-ring (bicyclic) bond motifs is 1. The van der Waals surface area contributed by atoms with Gasteiger partial charge in [-0.3, -0.25) is 0 Å². The van der Waals surface area contributed by atoms with Crippen molar-refractivity contribution in [1.82, 2.24) is 4.90 Å². The molecular formula is C12H14N. The molecule has 0 saturated carbocycles. The monoisotopic (exact) mass is 172 g/mol. The minimum Gasteiger partial charge on any atom is -0.324 e. The SMILES string of the molecule is CCCC1[C]=C2C=CC=CN2C=C1. The molecule has 0 aromatic carbocycles. The zero-order valence-electron chi connectivity index (χ0n) is 7.90. The van der Waals surface area contributed by atoms with E-state index in [2.05, 4.69) is 48.5 Å². The van der Waals surface area contributed by atoms with E-state index < -0.39 is 0 Å². The molecule has 2 aliphatic heterocycles. The maximum absolute atomic E-state index is 3.47. The van der Waals surface area contributed by atoms with Crippen LogP contribution in [0.5, 0.6) is 0 Å². The second-order valence-electron chi connectivity index (χ2n) is 3.37. The van der Waals surface area contributed by atoms with Gasteiger partial charge in [0.1, 0.15) is 0 Å². The largest absolute Gasteiger partial charge is 0.324 e. The Morgan fingerprint density at radius 2 is 2.31 bits per heavy atom. The van der Waals surface area contributed by atoms with Crippen LogP contribution >= 0.6 is 0 Å². The van der Waals surface area contributed by atoms with Gasteiger partial charge in [-0.15, -0.1) is 0 Å². The minimum atomic E-state index is 0.507. The lowest BCUT2D eigenvalue weighted by atomic mass is 9.99. The Kier molecular flexibility index (Phi) is 2.35. The van der Waals surface area contributed by atoms with Crippen LogP contribution in [-0.4, -0.2) is 4.90 Å². The first kappa shape index (κ1) is 8.36. The highest BCUT2D eigenvalue weighted by Gasteiger charge is 2.12. The van der Waals surface area contributed by atoms with Gasteiger partial charge in [-0.2, -0.15) is 0 Å². The van der Waals surface area contributed by atoms with Gasteiger partial charge in [0.05, 0.1) is 0 Å². The van der Waals surface area contributed by atoms with Gasteiger partial charge in [0, 0.05) is 24.0 Å². The van der Waals surface area contributed by atoms with E-state index in [9.17, 15) is 0 Å². The van der Waals surface area contributed by atoms with Crippen molar-refractivity contribution in [3.05, 3.63) is 48.5 Å². The van der Waals surface area contributed by atoms with Gasteiger partial charge in [-0.25, -0.2) is 0 Å². The third-order valence-electron chi connectivity index (χ3n) is 2.30. The molecule has 0 spiro atoms. The van der Waals surface area contributed by atoms with Crippen LogP contribution in [0.4, 0.5) is 0 Å². The summed E-state index contributed by atoms with van der Waals surface area (Å²) in [6.45, 7) is 2.21. The summed E-state index contributed by atoms with van der Waals surface area (Å²) < 4.78 is 0. The zero-order chi connectivity index (χ0) is 9.10. The van der Waals surface area contributed by atoms with Crippen molar-refractivity contribution in [2.45, 2.75) is 19.8 Å². The van der Waals surface area contributed by atoms with Crippen LogP contribution in [0.1, 0.15) is 19.8 Å². The lowest BCUT2D eigenvalue weighted by Crippen LogP contribution is -2.15. The van der Waals surface area contributed by atoms with Crippen LogP contribution in [0.3, 0.4) is 0 Å². The van der Waals surface area contributed by atoms with Crippen molar-refractivity contribution in [2.75, 3.05) is 0 Å². The van der Waals surface area contributed by atoms with Crippen LogP contribution in [0.15, 0.2) is 42.4 Å². The Labute approximate surface area is 79.7 Å². The third kappa shape index (κ3) is 1.74. The fourth-order valence-corrected chi connectivity index (χ4v) is 1.62. The Morgan fingerprint density at radius 1 is 1.38 bits per heavy atom. The molecule has 0 fully saturated rings. The van der Waals surface area contributed by atoms with E-state index in [1.165, 1.54) is 18.5 Å². The maximum Gasteiger partial charge on any atom is 0.0490 e. The van der Waals surface area contributed by atoms with Gasteiger partial charge in [0.25, 0.3) is 0 Å². The zero-order valence-corrected chi connectivity index (χ0v) is 7.90. The fourth-order valence-electron chi connectivity index (χ4n) is 1.62. The smallest absolute Gasteiger partial charge is 0.0490 e. The summed E-state index contributed by atoms with van der Waals surface area (Å²) >= 11 is 0. The molecule has 0 aromatic rings. The average molecular weight is 172 g/mol. The van der Waals surface area contributed by atoms with Crippen LogP contribution in [0.25, 0.3) is 0 Å². The van der Waals surface area contributed by atoms with E-state index in [0.29, 0.717) is 5.92 Å². The molecule has 1 heteroatoms. The molecule has 0 amide bonds. The summed E-state index contributed by atoms with van der Waals surface area (Å²) in [5.41, 5.74) is 1.18. The standard InChI is InChI=1S/C12H14N/c1-2-5-11-7-9-13-8-4-3-6-12(13)10-11/h3-4,6-9,11H,2,5H2,1H3. The Bertz CT molecular complexity index is 294. The lowest BCUT2D eigenvalue weighted by molar-refractivity contribution is 0.564. The Morgan fingerprint density at radius 3 is 3.15 bits per heavy atom. The molecule has 1 radical (unpaired) electrons. The highest BCUT2D eigenvalue weighted by Crippen LogP contribution is 2.22. The summed E-state index contributed by atoms with van der Waals surface area (Å²) in [6, 6.07) is 0. The normalized spacial score (nSPS) is 24.5. The summed E-state index contributed by atoms with van der Waals surface area (Å²) in [6.07, 6.45) is 18.5. The number of allylic oxidation sites excluding steroid dienone is 5. The summed E-state index contributed by atoms with van der Waals surface area (Å²) in [5, 5.41) is 0. The third-order valence-corrected chi connectivity index (χ3v) is 2.30.